The van der Waals surface area contributed by atoms with Gasteiger partial charge in [-0.05, 0) is 28.1 Å². The zero-order valence-corrected chi connectivity index (χ0v) is 14.0. The fraction of sp³-hybridized carbons (Fsp3) is 0. The van der Waals surface area contributed by atoms with Crippen molar-refractivity contribution >= 4 is 22.2 Å². The molecule has 0 N–H and O–H groups in total. The highest BCUT2D eigenvalue weighted by Gasteiger charge is 2.18. The van der Waals surface area contributed by atoms with Crippen molar-refractivity contribution in [1.82, 2.24) is 19.7 Å². The maximum absolute atomic E-state index is 10.9. The SMILES string of the molecule is O=Cc1ccc(-c2nc3c(Br)nnc-3cn2-c2ccccc2)cc1. The lowest BCUT2D eigenvalue weighted by atomic mass is 10.1. The number of fused-ring (bicyclic) bond motifs is 1. The monoisotopic (exact) mass is 378 g/mol. The standard InChI is InChI=1S/C18H11BrN4O/c19-17-16-15(21-22-17)10-23(14-4-2-1-3-5-14)18(20-16)13-8-6-12(11-24)7-9-13/h1-11H. The predicted molar refractivity (Wildman–Crippen MR) is 94.3 cm³/mol. The molecular formula is C18H11BrN4O. The van der Waals surface area contributed by atoms with Crippen LogP contribution in [0.4, 0.5) is 0 Å². The molecule has 0 fully saturated rings. The molecular weight excluding hydrogens is 368 g/mol. The molecule has 0 saturated carbocycles. The second kappa shape index (κ2) is 5.98. The van der Waals surface area contributed by atoms with Crippen molar-refractivity contribution in [1.29, 1.82) is 0 Å². The molecule has 2 aromatic carbocycles. The Labute approximate surface area is 146 Å². The minimum absolute atomic E-state index is 0.614. The summed E-state index contributed by atoms with van der Waals surface area (Å²) in [6.45, 7) is 0. The maximum Gasteiger partial charge on any atom is 0.156 e. The van der Waals surface area contributed by atoms with Gasteiger partial charge in [0.2, 0.25) is 0 Å². The van der Waals surface area contributed by atoms with Gasteiger partial charge < -0.3 is 0 Å². The third-order valence-corrected chi connectivity index (χ3v) is 4.25. The molecule has 0 aliphatic carbocycles. The fourth-order valence-corrected chi connectivity index (χ4v) is 2.90. The van der Waals surface area contributed by atoms with Crippen LogP contribution >= 0.6 is 15.9 Å². The van der Waals surface area contributed by atoms with Gasteiger partial charge in [0.15, 0.2) is 4.60 Å². The quantitative estimate of drug-likeness (QED) is 0.505. The van der Waals surface area contributed by atoms with Crippen molar-refractivity contribution in [3.05, 3.63) is 71.0 Å². The highest BCUT2D eigenvalue weighted by atomic mass is 79.9. The number of hydrogen-bond acceptors (Lipinski definition) is 4. The summed E-state index contributed by atoms with van der Waals surface area (Å²) >= 11 is 3.39. The first-order chi connectivity index (χ1) is 11.8. The van der Waals surface area contributed by atoms with Crippen LogP contribution in [0.25, 0.3) is 28.5 Å². The number of para-hydroxylation sites is 1. The van der Waals surface area contributed by atoms with Gasteiger partial charge in [-0.3, -0.25) is 9.36 Å². The summed E-state index contributed by atoms with van der Waals surface area (Å²) in [7, 11) is 0. The third-order valence-electron chi connectivity index (χ3n) is 3.72. The summed E-state index contributed by atoms with van der Waals surface area (Å²) in [5, 5.41) is 8.18. The molecule has 24 heavy (non-hydrogen) atoms. The van der Waals surface area contributed by atoms with Crippen LogP contribution in [0.3, 0.4) is 0 Å². The molecule has 0 unspecified atom stereocenters. The normalized spacial score (nSPS) is 10.9. The number of nitrogens with zero attached hydrogens (tertiary/aromatic N) is 4. The molecule has 116 valence electrons. The van der Waals surface area contributed by atoms with E-state index in [-0.39, 0.29) is 0 Å². The molecule has 2 aromatic rings. The second-order valence-corrected chi connectivity index (χ2v) is 5.99. The highest BCUT2D eigenvalue weighted by molar-refractivity contribution is 9.10. The number of carbonyl (C=O) groups is 1. The van der Waals surface area contributed by atoms with Crippen LogP contribution in [0.1, 0.15) is 10.4 Å². The maximum atomic E-state index is 10.9. The molecule has 0 amide bonds. The Bertz CT molecular complexity index is 980. The largest absolute Gasteiger partial charge is 0.299 e. The first-order valence-corrected chi connectivity index (χ1v) is 8.08. The molecule has 0 aromatic heterocycles. The number of carbonyl (C=O) groups excluding carboxylic acids is 1. The van der Waals surface area contributed by atoms with Crippen LogP contribution < -0.4 is 0 Å². The van der Waals surface area contributed by atoms with E-state index in [0.717, 1.165) is 23.4 Å². The van der Waals surface area contributed by atoms with Crippen molar-refractivity contribution in [2.45, 2.75) is 0 Å². The average Bonchev–Trinajstić information content (AvgIpc) is 3.02. The van der Waals surface area contributed by atoms with Crippen LogP contribution in [-0.4, -0.2) is 26.0 Å². The van der Waals surface area contributed by atoms with Gasteiger partial charge in [-0.2, -0.15) is 0 Å². The van der Waals surface area contributed by atoms with Crippen molar-refractivity contribution in [3.63, 3.8) is 0 Å². The Balaban J connectivity index is 1.99. The summed E-state index contributed by atoms with van der Waals surface area (Å²) in [4.78, 5) is 15.6. The van der Waals surface area contributed by atoms with Crippen LogP contribution in [-0.2, 0) is 0 Å². The van der Waals surface area contributed by atoms with Gasteiger partial charge in [-0.1, -0.05) is 42.5 Å². The van der Waals surface area contributed by atoms with Gasteiger partial charge in [0.05, 0.1) is 0 Å². The molecule has 2 aliphatic rings. The van der Waals surface area contributed by atoms with E-state index in [2.05, 4.69) is 26.1 Å². The first-order valence-electron chi connectivity index (χ1n) is 7.28. The van der Waals surface area contributed by atoms with Crippen LogP contribution in [0.2, 0.25) is 0 Å². The van der Waals surface area contributed by atoms with Gasteiger partial charge in [-0.25, -0.2) is 4.98 Å². The minimum Gasteiger partial charge on any atom is -0.299 e. The third kappa shape index (κ3) is 2.51. The fourth-order valence-electron chi connectivity index (χ4n) is 2.53. The van der Waals surface area contributed by atoms with Gasteiger partial charge in [-0.15, -0.1) is 10.2 Å². The number of aromatic nitrogens is 4. The Hall–Kier alpha value is -2.86. The zero-order chi connectivity index (χ0) is 16.5. The molecule has 0 spiro atoms. The first kappa shape index (κ1) is 14.7. The predicted octanol–water partition coefficient (Wildman–Crippen LogP) is 4.01. The van der Waals surface area contributed by atoms with Crippen LogP contribution in [0, 0.1) is 0 Å². The molecule has 0 saturated heterocycles. The molecule has 0 bridgehead atoms. The summed E-state index contributed by atoms with van der Waals surface area (Å²) in [5.41, 5.74) is 3.92. The van der Waals surface area contributed by atoms with Crippen molar-refractivity contribution in [3.8, 4) is 28.5 Å². The highest BCUT2D eigenvalue weighted by Crippen LogP contribution is 2.30. The van der Waals surface area contributed by atoms with Crippen molar-refractivity contribution in [2.75, 3.05) is 0 Å². The number of aldehydes is 1. The smallest absolute Gasteiger partial charge is 0.156 e. The summed E-state index contributed by atoms with van der Waals surface area (Å²) < 4.78 is 2.59. The Morgan fingerprint density at radius 3 is 2.42 bits per heavy atom. The van der Waals surface area contributed by atoms with Gasteiger partial charge >= 0.3 is 0 Å². The van der Waals surface area contributed by atoms with Crippen LogP contribution in [0.5, 0.6) is 0 Å². The van der Waals surface area contributed by atoms with E-state index in [1.54, 1.807) is 12.1 Å². The molecule has 0 atom stereocenters. The summed E-state index contributed by atoms with van der Waals surface area (Å²) in [5.74, 6) is 0.752. The van der Waals surface area contributed by atoms with Gasteiger partial charge in [0, 0.05) is 23.0 Å². The van der Waals surface area contributed by atoms with Gasteiger partial charge in [0.25, 0.3) is 0 Å². The lowest BCUT2D eigenvalue weighted by molar-refractivity contribution is 0.112. The van der Waals surface area contributed by atoms with E-state index in [9.17, 15) is 4.79 Å². The van der Waals surface area contributed by atoms with E-state index in [1.165, 1.54) is 0 Å². The summed E-state index contributed by atoms with van der Waals surface area (Å²) in [6.07, 6.45) is 2.74. The lowest BCUT2D eigenvalue weighted by Crippen LogP contribution is -2.05. The zero-order valence-electron chi connectivity index (χ0n) is 12.4. The Kier molecular flexibility index (Phi) is 3.66. The average molecular weight is 379 g/mol. The van der Waals surface area contributed by atoms with Gasteiger partial charge in [0.1, 0.15) is 23.5 Å². The molecule has 2 aliphatic heterocycles. The van der Waals surface area contributed by atoms with Crippen molar-refractivity contribution < 1.29 is 4.79 Å². The lowest BCUT2D eigenvalue weighted by Gasteiger charge is -2.15. The van der Waals surface area contributed by atoms with E-state index in [0.29, 0.717) is 21.6 Å². The minimum atomic E-state index is 0.614. The number of hydrogen-bond donors (Lipinski definition) is 0. The topological polar surface area (TPSA) is 60.7 Å². The Morgan fingerprint density at radius 2 is 1.71 bits per heavy atom. The molecule has 2 heterocycles. The number of rotatable bonds is 3. The molecule has 4 rings (SSSR count). The van der Waals surface area contributed by atoms with E-state index >= 15 is 0 Å². The summed E-state index contributed by atoms with van der Waals surface area (Å²) in [6, 6.07) is 17.2. The number of benzene rings is 2. The van der Waals surface area contributed by atoms with E-state index in [1.807, 2.05) is 53.2 Å². The molecule has 6 heteroatoms. The van der Waals surface area contributed by atoms with E-state index < -0.39 is 0 Å². The van der Waals surface area contributed by atoms with Crippen molar-refractivity contribution in [2.24, 2.45) is 0 Å². The molecule has 5 nitrogen and oxygen atoms in total. The number of halogens is 1. The molecule has 0 radical (unpaired) electrons. The van der Waals surface area contributed by atoms with E-state index in [4.69, 9.17) is 4.98 Å². The Morgan fingerprint density at radius 1 is 0.958 bits per heavy atom. The second-order valence-electron chi connectivity index (χ2n) is 5.23. The van der Waals surface area contributed by atoms with Crippen LogP contribution in [0.15, 0.2) is 65.4 Å².